The summed E-state index contributed by atoms with van der Waals surface area (Å²) >= 11 is 0. The number of nitrogens with one attached hydrogen (secondary N) is 1. The summed E-state index contributed by atoms with van der Waals surface area (Å²) in [6, 6.07) is 14.7. The number of amides is 1. The Morgan fingerprint density at radius 1 is 1.10 bits per heavy atom. The number of aliphatic hydroxyl groups is 1. The average molecular weight is 388 g/mol. The molecule has 1 aliphatic rings. The van der Waals surface area contributed by atoms with Crippen molar-refractivity contribution in [1.82, 2.24) is 9.88 Å². The van der Waals surface area contributed by atoms with Crippen LogP contribution in [0.2, 0.25) is 0 Å². The predicted molar refractivity (Wildman–Crippen MR) is 113 cm³/mol. The lowest BCUT2D eigenvalue weighted by molar-refractivity contribution is -0.139. The molecule has 1 saturated heterocycles. The number of aromatic nitrogens is 1. The van der Waals surface area contributed by atoms with E-state index in [0.29, 0.717) is 12.1 Å². The molecule has 1 aromatic heterocycles. The van der Waals surface area contributed by atoms with Gasteiger partial charge < -0.3 is 15.0 Å². The smallest absolute Gasteiger partial charge is 0.295 e. The second kappa shape index (κ2) is 7.59. The van der Waals surface area contributed by atoms with Gasteiger partial charge in [0.15, 0.2) is 0 Å². The molecule has 0 spiro atoms. The maximum absolute atomic E-state index is 13.0. The SMILES string of the molecule is CCCCN1C(=O)C(=O)/C(=C(/O)c2c[nH]c3ccccc23)C1c1ccccc1C. The summed E-state index contributed by atoms with van der Waals surface area (Å²) in [7, 11) is 0. The fraction of sp³-hybridized carbons (Fsp3) is 0.250. The molecule has 0 bridgehead atoms. The Morgan fingerprint density at radius 2 is 1.83 bits per heavy atom. The first-order valence-electron chi connectivity index (χ1n) is 9.95. The number of carbonyl (C=O) groups excluding carboxylic acids is 2. The number of nitrogens with zero attached hydrogens (tertiary/aromatic N) is 1. The van der Waals surface area contributed by atoms with Crippen LogP contribution >= 0.6 is 0 Å². The van der Waals surface area contributed by atoms with Crippen LogP contribution in [-0.2, 0) is 9.59 Å². The van der Waals surface area contributed by atoms with Crippen molar-refractivity contribution < 1.29 is 14.7 Å². The minimum Gasteiger partial charge on any atom is -0.507 e. The highest BCUT2D eigenvalue weighted by Crippen LogP contribution is 2.41. The molecule has 5 nitrogen and oxygen atoms in total. The standard InChI is InChI=1S/C24H24N2O3/c1-3-4-13-26-21(16-10-6-5-9-15(16)2)20(23(28)24(26)29)22(27)18-14-25-19-12-8-7-11-17(18)19/h5-12,14,21,25,27H,3-4,13H2,1-2H3/b22-20+. The first-order valence-corrected chi connectivity index (χ1v) is 9.95. The molecular formula is C24H24N2O3. The van der Waals surface area contributed by atoms with Crippen molar-refractivity contribution in [3.05, 3.63) is 77.0 Å². The van der Waals surface area contributed by atoms with Crippen LogP contribution in [0.4, 0.5) is 0 Å². The third kappa shape index (κ3) is 3.12. The molecule has 2 heterocycles. The monoisotopic (exact) mass is 388 g/mol. The van der Waals surface area contributed by atoms with Crippen molar-refractivity contribution in [1.29, 1.82) is 0 Å². The molecule has 0 radical (unpaired) electrons. The number of hydrogen-bond donors (Lipinski definition) is 2. The molecule has 2 N–H and O–H groups in total. The molecule has 0 aliphatic carbocycles. The van der Waals surface area contributed by atoms with Crippen LogP contribution in [0.5, 0.6) is 0 Å². The zero-order chi connectivity index (χ0) is 20.5. The molecule has 1 aliphatic heterocycles. The van der Waals surface area contributed by atoms with Gasteiger partial charge in [-0.1, -0.05) is 55.8 Å². The molecule has 29 heavy (non-hydrogen) atoms. The highest BCUT2D eigenvalue weighted by molar-refractivity contribution is 6.46. The molecular weight excluding hydrogens is 364 g/mol. The number of aromatic amines is 1. The number of para-hydroxylation sites is 1. The third-order valence-corrected chi connectivity index (χ3v) is 5.62. The molecule has 1 atom stereocenters. The van der Waals surface area contributed by atoms with Crippen LogP contribution in [0.3, 0.4) is 0 Å². The van der Waals surface area contributed by atoms with Gasteiger partial charge in [-0.15, -0.1) is 0 Å². The molecule has 1 fully saturated rings. The lowest BCUT2D eigenvalue weighted by Crippen LogP contribution is -2.30. The summed E-state index contributed by atoms with van der Waals surface area (Å²) in [5.74, 6) is -1.31. The van der Waals surface area contributed by atoms with E-state index in [1.165, 1.54) is 0 Å². The predicted octanol–water partition coefficient (Wildman–Crippen LogP) is 4.70. The van der Waals surface area contributed by atoms with Crippen molar-refractivity contribution in [2.24, 2.45) is 0 Å². The van der Waals surface area contributed by atoms with Crippen molar-refractivity contribution in [3.8, 4) is 0 Å². The van der Waals surface area contributed by atoms with E-state index in [-0.39, 0.29) is 11.3 Å². The highest BCUT2D eigenvalue weighted by atomic mass is 16.3. The average Bonchev–Trinajstić information content (AvgIpc) is 3.26. The zero-order valence-electron chi connectivity index (χ0n) is 16.6. The summed E-state index contributed by atoms with van der Waals surface area (Å²) in [6.07, 6.45) is 3.39. The fourth-order valence-corrected chi connectivity index (χ4v) is 4.07. The van der Waals surface area contributed by atoms with E-state index >= 15 is 0 Å². The number of H-pyrrole nitrogens is 1. The number of Topliss-reactive ketones (excluding diaryl/α,β-unsaturated/α-hetero) is 1. The van der Waals surface area contributed by atoms with Gasteiger partial charge in [0.25, 0.3) is 11.7 Å². The van der Waals surface area contributed by atoms with Crippen LogP contribution in [0.1, 0.15) is 42.5 Å². The van der Waals surface area contributed by atoms with Gasteiger partial charge in [-0.2, -0.15) is 0 Å². The summed E-state index contributed by atoms with van der Waals surface area (Å²) < 4.78 is 0. The van der Waals surface area contributed by atoms with Gasteiger partial charge in [0.2, 0.25) is 0 Å². The van der Waals surface area contributed by atoms with Gasteiger partial charge in [-0.25, -0.2) is 0 Å². The van der Waals surface area contributed by atoms with E-state index in [0.717, 1.165) is 34.9 Å². The number of carbonyl (C=O) groups is 2. The van der Waals surface area contributed by atoms with Gasteiger partial charge in [0.05, 0.1) is 11.6 Å². The van der Waals surface area contributed by atoms with Crippen LogP contribution in [-0.4, -0.2) is 33.2 Å². The Morgan fingerprint density at radius 3 is 2.59 bits per heavy atom. The van der Waals surface area contributed by atoms with Crippen LogP contribution in [0, 0.1) is 6.92 Å². The number of unbranched alkanes of at least 4 members (excludes halogenated alkanes) is 1. The molecule has 3 aromatic rings. The molecule has 1 amide bonds. The van der Waals surface area contributed by atoms with E-state index in [4.69, 9.17) is 0 Å². The van der Waals surface area contributed by atoms with E-state index in [1.807, 2.05) is 62.4 Å². The summed E-state index contributed by atoms with van der Waals surface area (Å²) in [5.41, 5.74) is 3.40. The summed E-state index contributed by atoms with van der Waals surface area (Å²) in [5, 5.41) is 12.0. The van der Waals surface area contributed by atoms with Gasteiger partial charge >= 0.3 is 0 Å². The number of ketones is 1. The van der Waals surface area contributed by atoms with Crippen molar-refractivity contribution in [2.75, 3.05) is 6.54 Å². The van der Waals surface area contributed by atoms with E-state index in [2.05, 4.69) is 4.98 Å². The van der Waals surface area contributed by atoms with Gasteiger partial charge in [0, 0.05) is 29.2 Å². The normalized spacial score (nSPS) is 18.7. The Balaban J connectivity index is 1.93. The third-order valence-electron chi connectivity index (χ3n) is 5.62. The number of benzene rings is 2. The molecule has 148 valence electrons. The molecule has 1 unspecified atom stereocenters. The number of fused-ring (bicyclic) bond motifs is 1. The minimum atomic E-state index is -0.628. The van der Waals surface area contributed by atoms with E-state index < -0.39 is 17.7 Å². The van der Waals surface area contributed by atoms with Crippen molar-refractivity contribution in [3.63, 3.8) is 0 Å². The highest BCUT2D eigenvalue weighted by Gasteiger charge is 2.46. The Kier molecular flexibility index (Phi) is 4.97. The first-order chi connectivity index (χ1) is 14.0. The summed E-state index contributed by atoms with van der Waals surface area (Å²) in [6.45, 7) is 4.48. The minimum absolute atomic E-state index is 0.131. The quantitative estimate of drug-likeness (QED) is 0.378. The van der Waals surface area contributed by atoms with E-state index in [1.54, 1.807) is 11.1 Å². The lowest BCUT2D eigenvalue weighted by atomic mass is 9.92. The molecule has 0 saturated carbocycles. The fourth-order valence-electron chi connectivity index (χ4n) is 4.07. The number of rotatable bonds is 5. The van der Waals surface area contributed by atoms with Crippen LogP contribution in [0.25, 0.3) is 16.7 Å². The Bertz CT molecular complexity index is 1130. The number of aryl methyl sites for hydroxylation is 1. The van der Waals surface area contributed by atoms with Crippen molar-refractivity contribution in [2.45, 2.75) is 32.7 Å². The number of hydrogen-bond acceptors (Lipinski definition) is 3. The number of likely N-dealkylation sites (tertiary alicyclic amines) is 1. The Labute approximate surface area is 169 Å². The second-order valence-electron chi connectivity index (χ2n) is 7.45. The first kappa shape index (κ1) is 19.0. The summed E-state index contributed by atoms with van der Waals surface area (Å²) in [4.78, 5) is 30.6. The zero-order valence-corrected chi connectivity index (χ0v) is 16.6. The molecule has 5 heteroatoms. The maximum Gasteiger partial charge on any atom is 0.295 e. The van der Waals surface area contributed by atoms with Gasteiger partial charge in [-0.3, -0.25) is 9.59 Å². The number of aliphatic hydroxyl groups excluding tert-OH is 1. The Hall–Kier alpha value is -3.34. The second-order valence-corrected chi connectivity index (χ2v) is 7.45. The maximum atomic E-state index is 13.0. The molecule has 4 rings (SSSR count). The molecule has 2 aromatic carbocycles. The van der Waals surface area contributed by atoms with Gasteiger partial charge in [-0.05, 0) is 30.5 Å². The van der Waals surface area contributed by atoms with Crippen LogP contribution < -0.4 is 0 Å². The topological polar surface area (TPSA) is 73.4 Å². The van der Waals surface area contributed by atoms with Gasteiger partial charge in [0.1, 0.15) is 5.76 Å². The largest absolute Gasteiger partial charge is 0.507 e. The lowest BCUT2D eigenvalue weighted by Gasteiger charge is -2.26. The van der Waals surface area contributed by atoms with E-state index in [9.17, 15) is 14.7 Å². The van der Waals surface area contributed by atoms with Crippen molar-refractivity contribution >= 4 is 28.4 Å². The van der Waals surface area contributed by atoms with Crippen LogP contribution in [0.15, 0.2) is 60.3 Å².